The minimum atomic E-state index is -0.203. The van der Waals surface area contributed by atoms with E-state index in [1.807, 2.05) is 0 Å². The maximum absolute atomic E-state index is 6.58. The van der Waals surface area contributed by atoms with Crippen molar-refractivity contribution < 1.29 is 4.74 Å². The Morgan fingerprint density at radius 2 is 1.82 bits per heavy atom. The van der Waals surface area contributed by atoms with Gasteiger partial charge in [0.1, 0.15) is 5.75 Å². The van der Waals surface area contributed by atoms with E-state index in [1.54, 1.807) is 7.11 Å². The zero-order valence-corrected chi connectivity index (χ0v) is 12.4. The largest absolute Gasteiger partial charge is 0.495 e. The summed E-state index contributed by atoms with van der Waals surface area (Å²) in [6.07, 6.45) is 4.54. The van der Waals surface area contributed by atoms with Gasteiger partial charge in [-0.05, 0) is 53.7 Å². The Morgan fingerprint density at radius 1 is 1.24 bits per heavy atom. The van der Waals surface area contributed by atoms with Crippen LogP contribution in [0.3, 0.4) is 0 Å². The summed E-state index contributed by atoms with van der Waals surface area (Å²) in [7, 11) is 1.72. The molecule has 1 fully saturated rings. The Morgan fingerprint density at radius 3 is 2.35 bits per heavy atom. The normalized spacial score (nSPS) is 18.4. The molecule has 2 nitrogen and oxygen atoms in total. The topological polar surface area (TPSA) is 35.2 Å². The fourth-order valence-corrected chi connectivity index (χ4v) is 3.47. The molecule has 0 bridgehead atoms. The van der Waals surface area contributed by atoms with Crippen molar-refractivity contribution >= 4 is 15.9 Å². The molecule has 2 rings (SSSR count). The van der Waals surface area contributed by atoms with Gasteiger partial charge < -0.3 is 10.5 Å². The lowest BCUT2D eigenvalue weighted by atomic mass is 9.85. The van der Waals surface area contributed by atoms with E-state index >= 15 is 0 Å². The molecule has 0 spiro atoms. The summed E-state index contributed by atoms with van der Waals surface area (Å²) in [5.74, 6) is 0.923. The van der Waals surface area contributed by atoms with Crippen LogP contribution in [0.25, 0.3) is 0 Å². The van der Waals surface area contributed by atoms with Crippen LogP contribution in [-0.4, -0.2) is 7.11 Å². The van der Waals surface area contributed by atoms with Crippen LogP contribution >= 0.6 is 15.9 Å². The average molecular weight is 298 g/mol. The molecule has 94 valence electrons. The summed E-state index contributed by atoms with van der Waals surface area (Å²) < 4.78 is 6.63. The second-order valence-electron chi connectivity index (χ2n) is 5.10. The zero-order chi connectivity index (χ0) is 12.6. The Labute approximate surface area is 112 Å². The first kappa shape index (κ1) is 12.9. The van der Waals surface area contributed by atoms with Crippen molar-refractivity contribution in [1.82, 2.24) is 0 Å². The highest BCUT2D eigenvalue weighted by Crippen LogP contribution is 2.45. The Balaban J connectivity index is 2.63. The van der Waals surface area contributed by atoms with Crippen LogP contribution in [0, 0.1) is 13.8 Å². The maximum atomic E-state index is 6.58. The number of methoxy groups -OCH3 is 1. The van der Waals surface area contributed by atoms with Crippen LogP contribution < -0.4 is 10.5 Å². The lowest BCUT2D eigenvalue weighted by molar-refractivity contribution is 0.375. The van der Waals surface area contributed by atoms with Gasteiger partial charge in [-0.2, -0.15) is 0 Å². The molecule has 1 aliphatic rings. The van der Waals surface area contributed by atoms with Crippen LogP contribution in [0.1, 0.15) is 42.4 Å². The third-order valence-electron chi connectivity index (χ3n) is 3.80. The molecule has 0 heterocycles. The molecule has 1 aliphatic carbocycles. The van der Waals surface area contributed by atoms with Gasteiger partial charge in [0, 0.05) is 11.1 Å². The number of aryl methyl sites for hydroxylation is 2. The first-order valence-electron chi connectivity index (χ1n) is 6.12. The summed E-state index contributed by atoms with van der Waals surface area (Å²) in [6, 6.07) is 2.19. The van der Waals surface area contributed by atoms with Crippen LogP contribution in [-0.2, 0) is 5.54 Å². The van der Waals surface area contributed by atoms with Crippen LogP contribution in [0.2, 0.25) is 0 Å². The highest BCUT2D eigenvalue weighted by molar-refractivity contribution is 9.10. The Kier molecular flexibility index (Phi) is 3.50. The molecule has 0 atom stereocenters. The quantitative estimate of drug-likeness (QED) is 0.901. The van der Waals surface area contributed by atoms with Crippen molar-refractivity contribution in [3.05, 3.63) is 27.2 Å². The van der Waals surface area contributed by atoms with Gasteiger partial charge in [-0.1, -0.05) is 18.9 Å². The summed E-state index contributed by atoms with van der Waals surface area (Å²) in [5, 5.41) is 0. The average Bonchev–Trinajstić information content (AvgIpc) is 2.70. The lowest BCUT2D eigenvalue weighted by Gasteiger charge is -2.29. The molecular formula is C14H20BrNO. The molecule has 0 aliphatic heterocycles. The van der Waals surface area contributed by atoms with E-state index < -0.39 is 0 Å². The minimum absolute atomic E-state index is 0.203. The Hall–Kier alpha value is -0.540. The molecule has 1 saturated carbocycles. The van der Waals surface area contributed by atoms with Crippen molar-refractivity contribution in [3.8, 4) is 5.75 Å². The minimum Gasteiger partial charge on any atom is -0.495 e. The predicted molar refractivity (Wildman–Crippen MR) is 74.5 cm³/mol. The van der Waals surface area contributed by atoms with E-state index in [4.69, 9.17) is 10.5 Å². The van der Waals surface area contributed by atoms with Crippen molar-refractivity contribution in [2.75, 3.05) is 7.11 Å². The number of hydrogen-bond acceptors (Lipinski definition) is 2. The second-order valence-corrected chi connectivity index (χ2v) is 5.89. The van der Waals surface area contributed by atoms with E-state index in [0.717, 1.165) is 23.1 Å². The van der Waals surface area contributed by atoms with E-state index in [0.29, 0.717) is 0 Å². The molecule has 0 saturated heterocycles. The molecule has 0 unspecified atom stereocenters. The van der Waals surface area contributed by atoms with E-state index in [2.05, 4.69) is 35.8 Å². The van der Waals surface area contributed by atoms with Gasteiger partial charge in [0.2, 0.25) is 0 Å². The summed E-state index contributed by atoms with van der Waals surface area (Å²) in [5.41, 5.74) is 10.0. The molecule has 0 amide bonds. The number of hydrogen-bond donors (Lipinski definition) is 1. The lowest BCUT2D eigenvalue weighted by Crippen LogP contribution is -2.34. The van der Waals surface area contributed by atoms with Gasteiger partial charge in [0.05, 0.1) is 11.6 Å². The zero-order valence-electron chi connectivity index (χ0n) is 10.8. The van der Waals surface area contributed by atoms with Crippen LogP contribution in [0.4, 0.5) is 0 Å². The summed E-state index contributed by atoms with van der Waals surface area (Å²) in [6.45, 7) is 4.21. The van der Waals surface area contributed by atoms with Crippen molar-refractivity contribution in [1.29, 1.82) is 0 Å². The van der Waals surface area contributed by atoms with Gasteiger partial charge in [-0.3, -0.25) is 0 Å². The fraction of sp³-hybridized carbons (Fsp3) is 0.571. The molecule has 1 aromatic rings. The number of halogens is 1. The van der Waals surface area contributed by atoms with Gasteiger partial charge in [0.25, 0.3) is 0 Å². The first-order valence-corrected chi connectivity index (χ1v) is 6.92. The first-order chi connectivity index (χ1) is 7.99. The van der Waals surface area contributed by atoms with Crippen molar-refractivity contribution in [3.63, 3.8) is 0 Å². The standard InChI is InChI=1S/C14H20BrNO/c1-9-8-10(2)12(15)13(17-3)11(9)14(16)6-4-5-7-14/h8H,4-7,16H2,1-3H3. The van der Waals surface area contributed by atoms with Crippen LogP contribution in [0.5, 0.6) is 5.75 Å². The molecule has 0 radical (unpaired) electrons. The van der Waals surface area contributed by atoms with E-state index in [-0.39, 0.29) is 5.54 Å². The highest BCUT2D eigenvalue weighted by Gasteiger charge is 2.36. The number of ether oxygens (including phenoxy) is 1. The van der Waals surface area contributed by atoms with E-state index in [1.165, 1.54) is 29.5 Å². The smallest absolute Gasteiger partial charge is 0.138 e. The van der Waals surface area contributed by atoms with Crippen molar-refractivity contribution in [2.45, 2.75) is 45.1 Å². The molecule has 2 N–H and O–H groups in total. The SMILES string of the molecule is COc1c(Br)c(C)cc(C)c1C1(N)CCCC1. The molecular weight excluding hydrogens is 278 g/mol. The maximum Gasteiger partial charge on any atom is 0.138 e. The van der Waals surface area contributed by atoms with Gasteiger partial charge in [-0.25, -0.2) is 0 Å². The van der Waals surface area contributed by atoms with Gasteiger partial charge in [0.15, 0.2) is 0 Å². The fourth-order valence-electron chi connectivity index (χ4n) is 2.99. The molecule has 17 heavy (non-hydrogen) atoms. The molecule has 0 aromatic heterocycles. The number of benzene rings is 1. The number of nitrogens with two attached hydrogens (primary N) is 1. The summed E-state index contributed by atoms with van der Waals surface area (Å²) >= 11 is 3.62. The van der Waals surface area contributed by atoms with E-state index in [9.17, 15) is 0 Å². The Bertz CT molecular complexity index is 436. The third-order valence-corrected chi connectivity index (χ3v) is 4.78. The van der Waals surface area contributed by atoms with Gasteiger partial charge in [-0.15, -0.1) is 0 Å². The molecule has 3 heteroatoms. The summed E-state index contributed by atoms with van der Waals surface area (Å²) in [4.78, 5) is 0. The monoisotopic (exact) mass is 297 g/mol. The van der Waals surface area contributed by atoms with Crippen LogP contribution in [0.15, 0.2) is 10.5 Å². The van der Waals surface area contributed by atoms with Crippen molar-refractivity contribution in [2.24, 2.45) is 5.73 Å². The number of rotatable bonds is 2. The third kappa shape index (κ3) is 2.11. The predicted octanol–water partition coefficient (Wildman–Crippen LogP) is 3.80. The van der Waals surface area contributed by atoms with Gasteiger partial charge >= 0.3 is 0 Å². The highest BCUT2D eigenvalue weighted by atomic mass is 79.9. The molecule has 1 aromatic carbocycles. The second kappa shape index (κ2) is 4.62.